The van der Waals surface area contributed by atoms with E-state index in [1.807, 2.05) is 6.07 Å². The number of benzene rings is 2. The molecule has 3 nitrogen and oxygen atoms in total. The molecule has 0 heterocycles. The SMILES string of the molecule is CCc1ccc(CC(=O)NC2CCCc3cc(OC)ccc32)cc1. The third kappa shape index (κ3) is 3.78. The smallest absolute Gasteiger partial charge is 0.224 e. The first kappa shape index (κ1) is 16.6. The number of fused-ring (bicyclic) bond motifs is 1. The second-order valence-electron chi connectivity index (χ2n) is 6.42. The van der Waals surface area contributed by atoms with E-state index in [2.05, 4.69) is 48.6 Å². The topological polar surface area (TPSA) is 38.3 Å². The largest absolute Gasteiger partial charge is 0.497 e. The van der Waals surface area contributed by atoms with Crippen LogP contribution in [-0.2, 0) is 24.1 Å². The zero-order chi connectivity index (χ0) is 16.9. The maximum Gasteiger partial charge on any atom is 0.224 e. The quantitative estimate of drug-likeness (QED) is 0.903. The summed E-state index contributed by atoms with van der Waals surface area (Å²) in [5.74, 6) is 0.977. The summed E-state index contributed by atoms with van der Waals surface area (Å²) in [7, 11) is 1.69. The third-order valence-corrected chi connectivity index (χ3v) is 4.80. The van der Waals surface area contributed by atoms with Crippen LogP contribution < -0.4 is 10.1 Å². The van der Waals surface area contributed by atoms with E-state index in [-0.39, 0.29) is 11.9 Å². The fraction of sp³-hybridized carbons (Fsp3) is 0.381. The van der Waals surface area contributed by atoms with Gasteiger partial charge < -0.3 is 10.1 Å². The number of aryl methyl sites for hydroxylation is 2. The van der Waals surface area contributed by atoms with Gasteiger partial charge in [0.1, 0.15) is 5.75 Å². The second-order valence-corrected chi connectivity index (χ2v) is 6.42. The van der Waals surface area contributed by atoms with E-state index in [1.54, 1.807) is 7.11 Å². The number of hydrogen-bond acceptors (Lipinski definition) is 2. The van der Waals surface area contributed by atoms with Gasteiger partial charge in [-0.15, -0.1) is 0 Å². The van der Waals surface area contributed by atoms with Gasteiger partial charge in [0.05, 0.1) is 19.6 Å². The highest BCUT2D eigenvalue weighted by Crippen LogP contribution is 2.32. The Hall–Kier alpha value is -2.29. The molecular weight excluding hydrogens is 298 g/mol. The van der Waals surface area contributed by atoms with Crippen molar-refractivity contribution in [3.8, 4) is 5.75 Å². The number of nitrogens with one attached hydrogen (secondary N) is 1. The number of methoxy groups -OCH3 is 1. The van der Waals surface area contributed by atoms with Crippen molar-refractivity contribution < 1.29 is 9.53 Å². The number of carbonyl (C=O) groups excluding carboxylic acids is 1. The first-order valence-corrected chi connectivity index (χ1v) is 8.73. The molecule has 0 radical (unpaired) electrons. The van der Waals surface area contributed by atoms with Gasteiger partial charge in [-0.1, -0.05) is 37.3 Å². The third-order valence-electron chi connectivity index (χ3n) is 4.80. The molecule has 0 saturated carbocycles. The summed E-state index contributed by atoms with van der Waals surface area (Å²) in [6.45, 7) is 2.14. The van der Waals surface area contributed by atoms with Crippen molar-refractivity contribution >= 4 is 5.91 Å². The lowest BCUT2D eigenvalue weighted by Crippen LogP contribution is -2.32. The fourth-order valence-corrected chi connectivity index (χ4v) is 3.39. The van der Waals surface area contributed by atoms with E-state index >= 15 is 0 Å². The van der Waals surface area contributed by atoms with E-state index < -0.39 is 0 Å². The summed E-state index contributed by atoms with van der Waals surface area (Å²) in [5.41, 5.74) is 4.89. The molecule has 1 aliphatic carbocycles. The first-order chi connectivity index (χ1) is 11.7. The van der Waals surface area contributed by atoms with Gasteiger partial charge in [-0.05, 0) is 60.1 Å². The predicted octanol–water partition coefficient (Wildman–Crippen LogP) is 3.99. The summed E-state index contributed by atoms with van der Waals surface area (Å²) in [5, 5.41) is 3.21. The van der Waals surface area contributed by atoms with Crippen LogP contribution in [0.5, 0.6) is 5.75 Å². The monoisotopic (exact) mass is 323 g/mol. The Labute approximate surface area is 144 Å². The lowest BCUT2D eigenvalue weighted by atomic mass is 9.87. The van der Waals surface area contributed by atoms with Crippen molar-refractivity contribution in [2.75, 3.05) is 7.11 Å². The summed E-state index contributed by atoms with van der Waals surface area (Å²) in [6, 6.07) is 14.6. The van der Waals surface area contributed by atoms with Crippen molar-refractivity contribution in [3.05, 3.63) is 64.7 Å². The molecule has 1 unspecified atom stereocenters. The molecule has 1 atom stereocenters. The van der Waals surface area contributed by atoms with Crippen LogP contribution in [-0.4, -0.2) is 13.0 Å². The van der Waals surface area contributed by atoms with Crippen molar-refractivity contribution in [3.63, 3.8) is 0 Å². The summed E-state index contributed by atoms with van der Waals surface area (Å²) in [6.07, 6.45) is 4.61. The van der Waals surface area contributed by atoms with Gasteiger partial charge in [-0.3, -0.25) is 4.79 Å². The zero-order valence-electron chi connectivity index (χ0n) is 14.5. The average Bonchev–Trinajstić information content (AvgIpc) is 2.62. The minimum absolute atomic E-state index is 0.0907. The molecule has 1 amide bonds. The van der Waals surface area contributed by atoms with E-state index in [0.717, 1.165) is 37.0 Å². The Morgan fingerprint density at radius 1 is 1.17 bits per heavy atom. The van der Waals surface area contributed by atoms with Gasteiger partial charge in [0.15, 0.2) is 0 Å². The molecule has 0 aromatic heterocycles. The maximum atomic E-state index is 12.4. The minimum Gasteiger partial charge on any atom is -0.497 e. The normalized spacial score (nSPS) is 16.3. The highest BCUT2D eigenvalue weighted by Gasteiger charge is 2.22. The molecule has 2 aromatic carbocycles. The Morgan fingerprint density at radius 2 is 1.92 bits per heavy atom. The van der Waals surface area contributed by atoms with Crippen molar-refractivity contribution in [1.82, 2.24) is 5.32 Å². The van der Waals surface area contributed by atoms with Crippen LogP contribution in [0.2, 0.25) is 0 Å². The van der Waals surface area contributed by atoms with Gasteiger partial charge in [-0.2, -0.15) is 0 Å². The van der Waals surface area contributed by atoms with Crippen LogP contribution in [0.1, 0.15) is 48.1 Å². The number of carbonyl (C=O) groups is 1. The maximum absolute atomic E-state index is 12.4. The Balaban J connectivity index is 1.66. The molecule has 1 aliphatic rings. The Bertz CT molecular complexity index is 706. The highest BCUT2D eigenvalue weighted by atomic mass is 16.5. The van der Waals surface area contributed by atoms with E-state index in [0.29, 0.717) is 6.42 Å². The molecule has 0 bridgehead atoms. The first-order valence-electron chi connectivity index (χ1n) is 8.73. The summed E-state index contributed by atoms with van der Waals surface area (Å²) in [4.78, 5) is 12.4. The number of rotatable bonds is 5. The molecule has 2 aromatic rings. The molecule has 0 spiro atoms. The lowest BCUT2D eigenvalue weighted by Gasteiger charge is -2.27. The molecule has 0 saturated heterocycles. The number of ether oxygens (including phenoxy) is 1. The minimum atomic E-state index is 0.0907. The van der Waals surface area contributed by atoms with Crippen LogP contribution in [0.4, 0.5) is 0 Å². The standard InChI is InChI=1S/C21H25NO2/c1-3-15-7-9-16(10-8-15)13-21(23)22-20-6-4-5-17-14-18(24-2)11-12-19(17)20/h7-12,14,20H,3-6,13H2,1-2H3,(H,22,23). The second kappa shape index (κ2) is 7.52. The van der Waals surface area contributed by atoms with Gasteiger partial charge in [-0.25, -0.2) is 0 Å². The fourth-order valence-electron chi connectivity index (χ4n) is 3.39. The highest BCUT2D eigenvalue weighted by molar-refractivity contribution is 5.79. The van der Waals surface area contributed by atoms with Crippen LogP contribution in [0.25, 0.3) is 0 Å². The number of hydrogen-bond donors (Lipinski definition) is 1. The van der Waals surface area contributed by atoms with Crippen molar-refractivity contribution in [1.29, 1.82) is 0 Å². The van der Waals surface area contributed by atoms with Gasteiger partial charge >= 0.3 is 0 Å². The molecule has 126 valence electrons. The van der Waals surface area contributed by atoms with Gasteiger partial charge in [0.25, 0.3) is 0 Å². The van der Waals surface area contributed by atoms with Crippen molar-refractivity contribution in [2.24, 2.45) is 0 Å². The summed E-state index contributed by atoms with van der Waals surface area (Å²) < 4.78 is 5.31. The Kier molecular flexibility index (Phi) is 5.19. The lowest BCUT2D eigenvalue weighted by molar-refractivity contribution is -0.121. The van der Waals surface area contributed by atoms with E-state index in [9.17, 15) is 4.79 Å². The predicted molar refractivity (Wildman–Crippen MR) is 96.3 cm³/mol. The molecule has 3 heteroatoms. The molecule has 3 rings (SSSR count). The average molecular weight is 323 g/mol. The summed E-state index contributed by atoms with van der Waals surface area (Å²) >= 11 is 0. The molecule has 0 fully saturated rings. The van der Waals surface area contributed by atoms with Crippen LogP contribution in [0.3, 0.4) is 0 Å². The zero-order valence-corrected chi connectivity index (χ0v) is 14.5. The van der Waals surface area contributed by atoms with Gasteiger partial charge in [0, 0.05) is 0 Å². The van der Waals surface area contributed by atoms with E-state index in [4.69, 9.17) is 4.74 Å². The van der Waals surface area contributed by atoms with Crippen LogP contribution in [0.15, 0.2) is 42.5 Å². The van der Waals surface area contributed by atoms with Crippen LogP contribution >= 0.6 is 0 Å². The molecule has 0 aliphatic heterocycles. The van der Waals surface area contributed by atoms with Crippen molar-refractivity contribution in [2.45, 2.75) is 45.1 Å². The number of amides is 1. The Morgan fingerprint density at radius 3 is 2.62 bits per heavy atom. The van der Waals surface area contributed by atoms with E-state index in [1.165, 1.54) is 16.7 Å². The van der Waals surface area contributed by atoms with Gasteiger partial charge in [0.2, 0.25) is 5.91 Å². The molecule has 1 N–H and O–H groups in total. The molecule has 24 heavy (non-hydrogen) atoms. The van der Waals surface area contributed by atoms with Crippen LogP contribution in [0, 0.1) is 0 Å². The molecular formula is C21H25NO2.